The van der Waals surface area contributed by atoms with Crippen molar-refractivity contribution in [3.63, 3.8) is 0 Å². The molecule has 0 spiro atoms. The summed E-state index contributed by atoms with van der Waals surface area (Å²) in [5, 5.41) is 38.8. The number of hydrogen-bond donors (Lipinski definition) is 5. The van der Waals surface area contributed by atoms with Crippen LogP contribution in [0.5, 0.6) is 0 Å². The second kappa shape index (κ2) is 15.9. The molecule has 16 heteroatoms. The molecule has 2 atom stereocenters. The number of thioether (sulfide) groups is 1. The SMILES string of the molecule is N[C@@H](CO)C(=O)Cc1nnc(CCSCCc2nnc(NC(=O)[C@@H](N)CO)s2)s1.S.S. The highest BCUT2D eigenvalue weighted by Crippen LogP contribution is 2.18. The first kappa shape index (κ1) is 30.1. The molecule has 2 aromatic rings. The lowest BCUT2D eigenvalue weighted by Crippen LogP contribution is -2.38. The number of aliphatic hydroxyl groups excluding tert-OH is 2. The average Bonchev–Trinajstić information content (AvgIpc) is 3.35. The van der Waals surface area contributed by atoms with E-state index in [-0.39, 0.29) is 45.8 Å². The van der Waals surface area contributed by atoms with E-state index in [0.717, 1.165) is 27.9 Å². The lowest BCUT2D eigenvalue weighted by Gasteiger charge is -2.05. The van der Waals surface area contributed by atoms with E-state index < -0.39 is 24.6 Å². The second-order valence-electron chi connectivity index (χ2n) is 5.91. The van der Waals surface area contributed by atoms with E-state index in [1.807, 2.05) is 0 Å². The van der Waals surface area contributed by atoms with Crippen molar-refractivity contribution in [2.45, 2.75) is 31.3 Å². The third-order valence-corrected chi connectivity index (χ3v) is 6.46. The molecule has 0 saturated heterocycles. The maximum atomic E-state index is 11.7. The van der Waals surface area contributed by atoms with E-state index >= 15 is 0 Å². The molecule has 0 saturated carbocycles. The number of anilines is 1. The number of aliphatic hydroxyl groups is 2. The zero-order chi connectivity index (χ0) is 21.2. The van der Waals surface area contributed by atoms with Gasteiger partial charge in [0, 0.05) is 12.8 Å². The highest BCUT2D eigenvalue weighted by molar-refractivity contribution is 7.99. The molecular weight excluding hydrogens is 503 g/mol. The molecule has 0 radical (unpaired) electrons. The number of aryl methyl sites for hydroxylation is 2. The van der Waals surface area contributed by atoms with Crippen molar-refractivity contribution >= 4 is 78.2 Å². The molecule has 7 N–H and O–H groups in total. The standard InChI is InChI=1S/C15H23N7O4S3.2H2S/c16-8(6-23)10(25)5-13-21-19-11(28-13)1-3-27-4-2-12-20-22-15(29-12)18-14(26)9(17)7-24;;/h8-9,23-24H,1-7,16-17H2,(H,18,22,26);2*1H2/t8-,9-;;/m0../s1. The number of nitrogens with one attached hydrogen (secondary N) is 1. The molecular formula is C15H27N7O4S5. The Hall–Kier alpha value is -0.850. The molecule has 2 heterocycles. The number of carbonyl (C=O) groups is 2. The number of aromatic nitrogens is 4. The van der Waals surface area contributed by atoms with Crippen LogP contribution in [0, 0.1) is 0 Å². The first-order valence-corrected chi connectivity index (χ1v) is 11.5. The van der Waals surface area contributed by atoms with E-state index in [1.54, 1.807) is 11.8 Å². The van der Waals surface area contributed by atoms with E-state index in [2.05, 4.69) is 25.7 Å². The molecule has 1 amide bonds. The highest BCUT2D eigenvalue weighted by Gasteiger charge is 2.16. The number of rotatable bonds is 13. The van der Waals surface area contributed by atoms with Crippen LogP contribution in [0.2, 0.25) is 0 Å². The van der Waals surface area contributed by atoms with Gasteiger partial charge in [-0.15, -0.1) is 31.7 Å². The molecule has 0 aliphatic carbocycles. The van der Waals surface area contributed by atoms with Gasteiger partial charge in [-0.2, -0.15) is 38.8 Å². The van der Waals surface area contributed by atoms with Crippen LogP contribution in [0.25, 0.3) is 0 Å². The minimum absolute atomic E-state index is 0. The first-order valence-electron chi connectivity index (χ1n) is 8.70. The minimum Gasteiger partial charge on any atom is -0.394 e. The Bertz CT molecular complexity index is 742. The number of carbonyl (C=O) groups excluding carboxylic acids is 2. The van der Waals surface area contributed by atoms with Gasteiger partial charge in [-0.05, 0) is 11.5 Å². The van der Waals surface area contributed by atoms with E-state index in [9.17, 15) is 9.59 Å². The van der Waals surface area contributed by atoms with Crippen molar-refractivity contribution in [2.24, 2.45) is 11.5 Å². The lowest BCUT2D eigenvalue weighted by atomic mass is 10.1. The zero-order valence-electron chi connectivity index (χ0n) is 16.5. The summed E-state index contributed by atoms with van der Waals surface area (Å²) in [5.41, 5.74) is 10.9. The maximum absolute atomic E-state index is 11.7. The third kappa shape index (κ3) is 10.5. The van der Waals surface area contributed by atoms with Gasteiger partial charge in [0.1, 0.15) is 21.1 Å². The summed E-state index contributed by atoms with van der Waals surface area (Å²) in [5.74, 6) is 0.914. The summed E-state index contributed by atoms with van der Waals surface area (Å²) < 4.78 is 0. The van der Waals surface area contributed by atoms with Crippen LogP contribution in [0.15, 0.2) is 0 Å². The quantitative estimate of drug-likeness (QED) is 0.196. The highest BCUT2D eigenvalue weighted by atomic mass is 32.2. The summed E-state index contributed by atoms with van der Waals surface area (Å²) in [6.07, 6.45) is 1.53. The number of hydrogen-bond acceptors (Lipinski definition) is 13. The molecule has 0 unspecified atom stereocenters. The number of ketones is 1. The topological polar surface area (TPSA) is 190 Å². The molecule has 0 aliphatic rings. The van der Waals surface area contributed by atoms with Crippen LogP contribution < -0.4 is 16.8 Å². The van der Waals surface area contributed by atoms with Crippen LogP contribution >= 0.6 is 61.4 Å². The van der Waals surface area contributed by atoms with Crippen LogP contribution in [0.3, 0.4) is 0 Å². The molecule has 2 aromatic heterocycles. The lowest BCUT2D eigenvalue weighted by molar-refractivity contribution is -0.120. The van der Waals surface area contributed by atoms with Crippen LogP contribution in [-0.4, -0.2) is 79.1 Å². The summed E-state index contributed by atoms with van der Waals surface area (Å²) >= 11 is 4.37. The number of nitrogens with two attached hydrogens (primary N) is 2. The molecule has 31 heavy (non-hydrogen) atoms. The summed E-state index contributed by atoms with van der Waals surface area (Å²) in [6.45, 7) is -0.809. The van der Waals surface area contributed by atoms with Gasteiger partial charge in [-0.3, -0.25) is 14.9 Å². The third-order valence-electron chi connectivity index (χ3n) is 3.60. The average molecular weight is 530 g/mol. The van der Waals surface area contributed by atoms with Gasteiger partial charge in [0.25, 0.3) is 0 Å². The van der Waals surface area contributed by atoms with Crippen molar-refractivity contribution in [1.29, 1.82) is 0 Å². The molecule has 0 fully saturated rings. The number of nitrogens with zero attached hydrogens (tertiary/aromatic N) is 4. The van der Waals surface area contributed by atoms with Crippen molar-refractivity contribution in [1.82, 2.24) is 20.4 Å². The maximum Gasteiger partial charge on any atom is 0.245 e. The predicted octanol–water partition coefficient (Wildman–Crippen LogP) is -1.18. The zero-order valence-corrected chi connectivity index (χ0v) is 20.9. The molecule has 11 nitrogen and oxygen atoms in total. The second-order valence-corrected chi connectivity index (χ2v) is 9.35. The Labute approximate surface area is 205 Å². The summed E-state index contributed by atoms with van der Waals surface area (Å²) in [7, 11) is 0. The first-order chi connectivity index (χ1) is 13.9. The predicted molar refractivity (Wildman–Crippen MR) is 133 cm³/mol. The Morgan fingerprint density at radius 3 is 2.06 bits per heavy atom. The van der Waals surface area contributed by atoms with Crippen molar-refractivity contribution < 1.29 is 19.8 Å². The van der Waals surface area contributed by atoms with E-state index in [4.69, 9.17) is 21.7 Å². The van der Waals surface area contributed by atoms with Gasteiger partial charge in [0.15, 0.2) is 5.78 Å². The van der Waals surface area contributed by atoms with Gasteiger partial charge in [0.2, 0.25) is 11.0 Å². The van der Waals surface area contributed by atoms with Gasteiger partial charge in [0.05, 0.1) is 25.7 Å². The number of Topliss-reactive ketones (excluding diaryl/α,β-unsaturated/α-hetero) is 1. The fourth-order valence-corrected chi connectivity index (χ4v) is 4.68. The molecule has 0 bridgehead atoms. The molecule has 0 aliphatic heterocycles. The summed E-state index contributed by atoms with van der Waals surface area (Å²) in [4.78, 5) is 23.3. The molecule has 0 aromatic carbocycles. The molecule has 2 rings (SSSR count). The van der Waals surface area contributed by atoms with Gasteiger partial charge >= 0.3 is 0 Å². The summed E-state index contributed by atoms with van der Waals surface area (Å²) in [6, 6.07) is -1.86. The van der Waals surface area contributed by atoms with Crippen LogP contribution in [0.1, 0.15) is 15.0 Å². The fourth-order valence-electron chi connectivity index (χ4n) is 1.95. The Balaban J connectivity index is 0.00000450. The largest absolute Gasteiger partial charge is 0.394 e. The minimum atomic E-state index is -0.983. The Morgan fingerprint density at radius 1 is 0.903 bits per heavy atom. The molecule has 176 valence electrons. The van der Waals surface area contributed by atoms with E-state index in [0.29, 0.717) is 16.6 Å². The smallest absolute Gasteiger partial charge is 0.245 e. The monoisotopic (exact) mass is 529 g/mol. The van der Waals surface area contributed by atoms with E-state index in [1.165, 1.54) is 22.7 Å². The van der Waals surface area contributed by atoms with Crippen LogP contribution in [0.4, 0.5) is 5.13 Å². The Morgan fingerprint density at radius 2 is 1.45 bits per heavy atom. The Kier molecular flexibility index (Phi) is 15.4. The van der Waals surface area contributed by atoms with Gasteiger partial charge < -0.3 is 21.7 Å². The van der Waals surface area contributed by atoms with Crippen molar-refractivity contribution in [3.8, 4) is 0 Å². The number of amides is 1. The van der Waals surface area contributed by atoms with Gasteiger partial charge in [-0.25, -0.2) is 0 Å². The normalized spacial score (nSPS) is 12.4. The van der Waals surface area contributed by atoms with Crippen LogP contribution in [-0.2, 0) is 28.9 Å². The van der Waals surface area contributed by atoms with Gasteiger partial charge in [-0.1, -0.05) is 11.3 Å². The fraction of sp³-hybridized carbons (Fsp3) is 0.600. The van der Waals surface area contributed by atoms with Crippen molar-refractivity contribution in [3.05, 3.63) is 15.0 Å². The van der Waals surface area contributed by atoms with Crippen molar-refractivity contribution in [2.75, 3.05) is 30.0 Å².